The maximum Gasteiger partial charge on any atom is 0.243 e. The summed E-state index contributed by atoms with van der Waals surface area (Å²) in [6, 6.07) is 7.91. The molecule has 1 fully saturated rings. The summed E-state index contributed by atoms with van der Waals surface area (Å²) in [5.74, 6) is 0.560. The number of nitrogens with zero attached hydrogens (tertiary/aromatic N) is 2. The molecule has 2 aromatic rings. The Kier molecular flexibility index (Phi) is 2.42. The van der Waals surface area contributed by atoms with Gasteiger partial charge in [0, 0.05) is 17.2 Å². The summed E-state index contributed by atoms with van der Waals surface area (Å²) in [7, 11) is 0. The minimum Gasteiger partial charge on any atom is -0.446 e. The van der Waals surface area contributed by atoms with Crippen molar-refractivity contribution in [2.24, 2.45) is 0 Å². The van der Waals surface area contributed by atoms with Gasteiger partial charge >= 0.3 is 0 Å². The number of hydrogen-bond acceptors (Lipinski definition) is 4. The maximum atomic E-state index is 5.69. The molecule has 1 saturated heterocycles. The Bertz CT molecular complexity index is 490. The van der Waals surface area contributed by atoms with Crippen molar-refractivity contribution in [3.63, 3.8) is 0 Å². The first-order valence-electron chi connectivity index (χ1n) is 5.42. The van der Waals surface area contributed by atoms with Crippen molar-refractivity contribution in [3.05, 3.63) is 30.5 Å². The molecule has 0 N–H and O–H groups in total. The molecule has 0 aliphatic carbocycles. The zero-order chi connectivity index (χ0) is 10.8. The third-order valence-corrected chi connectivity index (χ3v) is 2.67. The van der Waals surface area contributed by atoms with E-state index >= 15 is 0 Å². The molecule has 2 heterocycles. The standard InChI is InChI=1S/C12H12N2O2/c1-2-5-10-9(4-1)8-13-14-12(10)16-11-6-3-7-15-11/h1-2,4-5,8,11H,3,6-7H2. The molecule has 1 aromatic heterocycles. The van der Waals surface area contributed by atoms with E-state index in [1.54, 1.807) is 6.20 Å². The fourth-order valence-corrected chi connectivity index (χ4v) is 1.85. The number of aromatic nitrogens is 2. The van der Waals surface area contributed by atoms with Gasteiger partial charge in [-0.2, -0.15) is 5.10 Å². The molecule has 4 nitrogen and oxygen atoms in total. The molecular formula is C12H12N2O2. The van der Waals surface area contributed by atoms with E-state index in [2.05, 4.69) is 10.2 Å². The molecular weight excluding hydrogens is 204 g/mol. The number of ether oxygens (including phenoxy) is 2. The second-order valence-corrected chi connectivity index (χ2v) is 3.80. The Morgan fingerprint density at radius 2 is 2.25 bits per heavy atom. The van der Waals surface area contributed by atoms with Crippen molar-refractivity contribution in [2.45, 2.75) is 19.1 Å². The van der Waals surface area contributed by atoms with Crippen molar-refractivity contribution >= 4 is 10.8 Å². The van der Waals surface area contributed by atoms with Crippen LogP contribution < -0.4 is 4.74 Å². The van der Waals surface area contributed by atoms with E-state index in [0.717, 1.165) is 30.2 Å². The first kappa shape index (κ1) is 9.54. The van der Waals surface area contributed by atoms with E-state index in [0.29, 0.717) is 5.88 Å². The summed E-state index contributed by atoms with van der Waals surface area (Å²) in [5.41, 5.74) is 0. The van der Waals surface area contributed by atoms with Gasteiger partial charge in [0.25, 0.3) is 0 Å². The van der Waals surface area contributed by atoms with Crippen LogP contribution in [0.25, 0.3) is 10.8 Å². The topological polar surface area (TPSA) is 44.2 Å². The zero-order valence-electron chi connectivity index (χ0n) is 8.80. The van der Waals surface area contributed by atoms with E-state index in [-0.39, 0.29) is 6.29 Å². The summed E-state index contributed by atoms with van der Waals surface area (Å²) in [6.45, 7) is 0.767. The van der Waals surface area contributed by atoms with Gasteiger partial charge in [-0.1, -0.05) is 18.2 Å². The third-order valence-electron chi connectivity index (χ3n) is 2.67. The van der Waals surface area contributed by atoms with Gasteiger partial charge in [0.2, 0.25) is 12.2 Å². The molecule has 82 valence electrons. The SMILES string of the molecule is c1ccc2c(OC3CCCO3)nncc2c1. The first-order chi connectivity index (χ1) is 7.93. The summed E-state index contributed by atoms with van der Waals surface area (Å²) in [6.07, 6.45) is 3.53. The second-order valence-electron chi connectivity index (χ2n) is 3.80. The van der Waals surface area contributed by atoms with Crippen LogP contribution in [0.2, 0.25) is 0 Å². The van der Waals surface area contributed by atoms with Crippen molar-refractivity contribution < 1.29 is 9.47 Å². The minimum atomic E-state index is -0.167. The van der Waals surface area contributed by atoms with Crippen LogP contribution in [0, 0.1) is 0 Å². The number of hydrogen-bond donors (Lipinski definition) is 0. The number of rotatable bonds is 2. The smallest absolute Gasteiger partial charge is 0.243 e. The van der Waals surface area contributed by atoms with Gasteiger partial charge < -0.3 is 9.47 Å². The molecule has 0 saturated carbocycles. The van der Waals surface area contributed by atoms with Crippen LogP contribution in [-0.4, -0.2) is 23.1 Å². The molecule has 1 aliphatic heterocycles. The van der Waals surface area contributed by atoms with Crippen molar-refractivity contribution in [3.8, 4) is 5.88 Å². The van der Waals surface area contributed by atoms with Crippen molar-refractivity contribution in [1.82, 2.24) is 10.2 Å². The van der Waals surface area contributed by atoms with Crippen LogP contribution in [-0.2, 0) is 4.74 Å². The van der Waals surface area contributed by atoms with Crippen LogP contribution in [0.4, 0.5) is 0 Å². The van der Waals surface area contributed by atoms with E-state index in [1.807, 2.05) is 24.3 Å². The Hall–Kier alpha value is -1.68. The first-order valence-corrected chi connectivity index (χ1v) is 5.42. The van der Waals surface area contributed by atoms with Crippen molar-refractivity contribution in [2.75, 3.05) is 6.61 Å². The molecule has 0 radical (unpaired) electrons. The molecule has 0 amide bonds. The summed E-state index contributed by atoms with van der Waals surface area (Å²) < 4.78 is 11.1. The average molecular weight is 216 g/mol. The number of benzene rings is 1. The summed E-state index contributed by atoms with van der Waals surface area (Å²) in [4.78, 5) is 0. The number of fused-ring (bicyclic) bond motifs is 1. The predicted molar refractivity (Wildman–Crippen MR) is 59.1 cm³/mol. The van der Waals surface area contributed by atoms with Gasteiger partial charge in [-0.15, -0.1) is 5.10 Å². The van der Waals surface area contributed by atoms with E-state index in [4.69, 9.17) is 9.47 Å². The fraction of sp³-hybridized carbons (Fsp3) is 0.333. The normalized spacial score (nSPS) is 20.1. The lowest BCUT2D eigenvalue weighted by molar-refractivity contribution is -0.0411. The molecule has 1 aromatic carbocycles. The van der Waals surface area contributed by atoms with Gasteiger partial charge in [-0.25, -0.2) is 0 Å². The Balaban J connectivity index is 1.96. The molecule has 0 spiro atoms. The van der Waals surface area contributed by atoms with Crippen LogP contribution in [0.3, 0.4) is 0 Å². The van der Waals surface area contributed by atoms with Crippen LogP contribution in [0.15, 0.2) is 30.5 Å². The average Bonchev–Trinajstić information content (AvgIpc) is 2.82. The largest absolute Gasteiger partial charge is 0.446 e. The van der Waals surface area contributed by atoms with E-state index in [9.17, 15) is 0 Å². The Morgan fingerprint density at radius 3 is 3.12 bits per heavy atom. The lowest BCUT2D eigenvalue weighted by Gasteiger charge is -2.12. The molecule has 4 heteroatoms. The molecule has 1 aliphatic rings. The highest BCUT2D eigenvalue weighted by Crippen LogP contribution is 2.24. The van der Waals surface area contributed by atoms with Crippen molar-refractivity contribution in [1.29, 1.82) is 0 Å². The zero-order valence-corrected chi connectivity index (χ0v) is 8.80. The highest BCUT2D eigenvalue weighted by molar-refractivity contribution is 5.85. The summed E-state index contributed by atoms with van der Waals surface area (Å²) in [5, 5.41) is 9.95. The van der Waals surface area contributed by atoms with Crippen LogP contribution >= 0.6 is 0 Å². The third kappa shape index (κ3) is 1.72. The van der Waals surface area contributed by atoms with E-state index in [1.165, 1.54) is 0 Å². The maximum absolute atomic E-state index is 5.69. The predicted octanol–water partition coefficient (Wildman–Crippen LogP) is 2.15. The van der Waals surface area contributed by atoms with Gasteiger partial charge in [0.15, 0.2) is 0 Å². The Morgan fingerprint density at radius 1 is 1.31 bits per heavy atom. The van der Waals surface area contributed by atoms with Gasteiger partial charge in [0.1, 0.15) is 0 Å². The highest BCUT2D eigenvalue weighted by atomic mass is 16.7. The fourth-order valence-electron chi connectivity index (χ4n) is 1.85. The molecule has 0 bridgehead atoms. The van der Waals surface area contributed by atoms with Gasteiger partial charge in [0.05, 0.1) is 12.8 Å². The minimum absolute atomic E-state index is 0.167. The molecule has 16 heavy (non-hydrogen) atoms. The quantitative estimate of drug-likeness (QED) is 0.771. The van der Waals surface area contributed by atoms with E-state index < -0.39 is 0 Å². The Labute approximate surface area is 93.2 Å². The lowest BCUT2D eigenvalue weighted by Crippen LogP contribution is -2.15. The molecule has 3 rings (SSSR count). The van der Waals surface area contributed by atoms with Gasteiger partial charge in [-0.05, 0) is 12.5 Å². The lowest BCUT2D eigenvalue weighted by atomic mass is 10.2. The molecule has 1 atom stereocenters. The highest BCUT2D eigenvalue weighted by Gasteiger charge is 2.18. The monoisotopic (exact) mass is 216 g/mol. The van der Waals surface area contributed by atoms with Crippen LogP contribution in [0.1, 0.15) is 12.8 Å². The van der Waals surface area contributed by atoms with Gasteiger partial charge in [-0.3, -0.25) is 0 Å². The second kappa shape index (κ2) is 4.06. The van der Waals surface area contributed by atoms with Crippen LogP contribution in [0.5, 0.6) is 5.88 Å². The molecule has 1 unspecified atom stereocenters. The summed E-state index contributed by atoms with van der Waals surface area (Å²) >= 11 is 0.